The first-order valence-electron chi connectivity index (χ1n) is 6.89. The van der Waals surface area contributed by atoms with Crippen LogP contribution in [0.25, 0.3) is 0 Å². The van der Waals surface area contributed by atoms with Crippen molar-refractivity contribution in [3.63, 3.8) is 0 Å². The summed E-state index contributed by atoms with van der Waals surface area (Å²) < 4.78 is 73.2. The molecule has 0 unspecified atom stereocenters. The molecule has 0 aromatic heterocycles. The third-order valence-corrected chi connectivity index (χ3v) is 4.27. The first-order valence-corrected chi connectivity index (χ1v) is 9.95. The van der Waals surface area contributed by atoms with Gasteiger partial charge in [-0.1, -0.05) is 0 Å². The van der Waals surface area contributed by atoms with Crippen LogP contribution in [0.4, 0.5) is 13.2 Å². The number of aliphatic hydroxyl groups excluding tert-OH is 1. The first kappa shape index (κ1) is 25.6. The zero-order valence-corrected chi connectivity index (χ0v) is 15.3. The van der Waals surface area contributed by atoms with Crippen molar-refractivity contribution in [1.82, 2.24) is 0 Å². The van der Waals surface area contributed by atoms with Gasteiger partial charge in [0.1, 0.15) is 12.2 Å². The molecule has 0 saturated carbocycles. The number of ether oxygens (including phenoxy) is 1. The van der Waals surface area contributed by atoms with Crippen molar-refractivity contribution in [3.8, 4) is 0 Å². The lowest BCUT2D eigenvalue weighted by atomic mass is 9.92. The Morgan fingerprint density at radius 1 is 1.07 bits per heavy atom. The number of rotatable bonds is 8. The lowest BCUT2D eigenvalue weighted by Gasteiger charge is -2.38. The molecular formula is C10H13F3O14P2. The molecule has 29 heavy (non-hydrogen) atoms. The first-order chi connectivity index (χ1) is 12.8. The summed E-state index contributed by atoms with van der Waals surface area (Å²) in [6.07, 6.45) is -14.3. The van der Waals surface area contributed by atoms with Gasteiger partial charge in [-0.2, -0.15) is 13.2 Å². The SMILES string of the molecule is O=C(O)C1=C[C@@H](OP(=O)(O)O)[C@@H](O)[C@H](O[C@](OP(=O)(O)O)(C(=O)O)C(F)(F)F)C1. The van der Waals surface area contributed by atoms with Crippen LogP contribution in [0.5, 0.6) is 0 Å². The van der Waals surface area contributed by atoms with Crippen molar-refractivity contribution < 1.29 is 80.6 Å². The molecule has 0 spiro atoms. The molecule has 19 heteroatoms. The van der Waals surface area contributed by atoms with E-state index in [1.54, 1.807) is 0 Å². The maximum absolute atomic E-state index is 13.3. The van der Waals surface area contributed by atoms with Gasteiger partial charge in [0, 0.05) is 12.0 Å². The number of aliphatic hydroxyl groups is 1. The largest absolute Gasteiger partial charge is 0.478 e. The minimum absolute atomic E-state index is 0.422. The summed E-state index contributed by atoms with van der Waals surface area (Å²) in [7, 11) is -11.6. The van der Waals surface area contributed by atoms with Gasteiger partial charge in [0.25, 0.3) is 0 Å². The Morgan fingerprint density at radius 3 is 1.93 bits per heavy atom. The molecule has 7 N–H and O–H groups in total. The van der Waals surface area contributed by atoms with Crippen LogP contribution in [0, 0.1) is 0 Å². The molecule has 4 atom stereocenters. The highest BCUT2D eigenvalue weighted by molar-refractivity contribution is 7.46. The second kappa shape index (κ2) is 8.39. The number of phosphoric ester groups is 2. The zero-order valence-electron chi connectivity index (χ0n) is 13.5. The lowest BCUT2D eigenvalue weighted by Crippen LogP contribution is -2.60. The Kier molecular flexibility index (Phi) is 7.42. The number of hydrogen-bond acceptors (Lipinski definition) is 8. The number of carbonyl (C=O) groups is 2. The number of carboxylic acids is 2. The van der Waals surface area contributed by atoms with Gasteiger partial charge < -0.3 is 39.6 Å². The van der Waals surface area contributed by atoms with E-state index in [0.29, 0.717) is 6.08 Å². The molecule has 0 saturated heterocycles. The van der Waals surface area contributed by atoms with Gasteiger partial charge in [0.05, 0.1) is 6.10 Å². The molecule has 0 aliphatic heterocycles. The van der Waals surface area contributed by atoms with Gasteiger partial charge in [-0.15, -0.1) is 0 Å². The second-order valence-electron chi connectivity index (χ2n) is 5.41. The van der Waals surface area contributed by atoms with Crippen LogP contribution in [0.2, 0.25) is 0 Å². The third-order valence-electron chi connectivity index (χ3n) is 3.26. The Labute approximate surface area is 157 Å². The van der Waals surface area contributed by atoms with Crippen molar-refractivity contribution in [2.75, 3.05) is 0 Å². The number of aliphatic carboxylic acids is 2. The molecule has 1 aliphatic carbocycles. The summed E-state index contributed by atoms with van der Waals surface area (Å²) in [5.41, 5.74) is -0.920. The Balaban J connectivity index is 3.45. The van der Waals surface area contributed by atoms with Gasteiger partial charge in [-0.3, -0.25) is 4.52 Å². The molecule has 1 rings (SSSR count). The Morgan fingerprint density at radius 2 is 1.59 bits per heavy atom. The smallest absolute Gasteiger partial charge is 0.472 e. The van der Waals surface area contributed by atoms with Crippen molar-refractivity contribution in [3.05, 3.63) is 11.6 Å². The quantitative estimate of drug-likeness (QED) is 0.166. The van der Waals surface area contributed by atoms with Crippen LogP contribution in [-0.4, -0.2) is 77.1 Å². The number of hydrogen-bond donors (Lipinski definition) is 7. The van der Waals surface area contributed by atoms with Crippen molar-refractivity contribution >= 4 is 27.6 Å². The maximum Gasteiger partial charge on any atom is 0.472 e. The van der Waals surface area contributed by atoms with Crippen LogP contribution in [-0.2, 0) is 32.5 Å². The summed E-state index contributed by atoms with van der Waals surface area (Å²) >= 11 is 0. The molecule has 0 amide bonds. The van der Waals surface area contributed by atoms with Crippen LogP contribution >= 0.6 is 15.6 Å². The van der Waals surface area contributed by atoms with Crippen LogP contribution < -0.4 is 0 Å². The number of alkyl halides is 3. The van der Waals surface area contributed by atoms with Gasteiger partial charge in [-0.25, -0.2) is 23.2 Å². The molecule has 0 aromatic carbocycles. The molecule has 1 aliphatic rings. The standard InChI is InChI=1S/C10H13F3O14P2/c11-10(12,13)9(8(17)18,27-29(22,23)24)25-4-1-3(7(15)16)2-5(6(4)14)26-28(19,20)21/h2,4-6,14H,1H2,(H,15,16)(H,17,18)(H2,19,20,21)(H2,22,23,24)/t4-,5-,6+,9+/m1/s1. The normalized spacial score (nSPS) is 25.8. The van der Waals surface area contributed by atoms with E-state index in [1.807, 2.05) is 0 Å². The maximum atomic E-state index is 13.3. The topological polar surface area (TPSA) is 238 Å². The van der Waals surface area contributed by atoms with E-state index >= 15 is 0 Å². The second-order valence-corrected chi connectivity index (χ2v) is 7.77. The summed E-state index contributed by atoms with van der Waals surface area (Å²) in [4.78, 5) is 57.1. The van der Waals surface area contributed by atoms with E-state index in [2.05, 4.69) is 13.8 Å². The van der Waals surface area contributed by atoms with Gasteiger partial charge in [-0.05, 0) is 6.08 Å². The molecule has 0 aromatic rings. The Bertz CT molecular complexity index is 783. The number of phosphoric acid groups is 2. The fourth-order valence-electron chi connectivity index (χ4n) is 2.17. The highest BCUT2D eigenvalue weighted by Crippen LogP contribution is 2.50. The number of halogens is 3. The van der Waals surface area contributed by atoms with E-state index in [-0.39, 0.29) is 0 Å². The lowest BCUT2D eigenvalue weighted by molar-refractivity contribution is -0.361. The average molecular weight is 476 g/mol. The fraction of sp³-hybridized carbons (Fsp3) is 0.600. The van der Waals surface area contributed by atoms with Crippen LogP contribution in [0.15, 0.2) is 11.6 Å². The molecule has 0 radical (unpaired) electrons. The molecule has 168 valence electrons. The van der Waals surface area contributed by atoms with Gasteiger partial charge in [0.15, 0.2) is 0 Å². The highest BCUT2D eigenvalue weighted by atomic mass is 31.2. The van der Waals surface area contributed by atoms with E-state index in [1.165, 1.54) is 0 Å². The van der Waals surface area contributed by atoms with Gasteiger partial charge >= 0.3 is 39.5 Å². The molecule has 0 heterocycles. The van der Waals surface area contributed by atoms with Crippen molar-refractivity contribution in [2.45, 2.75) is 36.7 Å². The molecule has 14 nitrogen and oxygen atoms in total. The molecule has 0 bridgehead atoms. The fourth-order valence-corrected chi connectivity index (χ4v) is 3.23. The van der Waals surface area contributed by atoms with E-state index in [4.69, 9.17) is 29.8 Å². The predicted molar refractivity (Wildman–Crippen MR) is 77.7 cm³/mol. The van der Waals surface area contributed by atoms with Gasteiger partial charge in [0.2, 0.25) is 0 Å². The van der Waals surface area contributed by atoms with Crippen LogP contribution in [0.1, 0.15) is 6.42 Å². The van der Waals surface area contributed by atoms with Crippen LogP contribution in [0.3, 0.4) is 0 Å². The highest BCUT2D eigenvalue weighted by Gasteiger charge is 2.69. The van der Waals surface area contributed by atoms with E-state index in [0.717, 1.165) is 0 Å². The Hall–Kier alpha value is -1.39. The monoisotopic (exact) mass is 476 g/mol. The minimum atomic E-state index is -6.20. The summed E-state index contributed by atoms with van der Waals surface area (Å²) in [5, 5.41) is 27.8. The predicted octanol–water partition coefficient (Wildman–Crippen LogP) is -0.922. The van der Waals surface area contributed by atoms with Crippen molar-refractivity contribution in [1.29, 1.82) is 0 Å². The average Bonchev–Trinajstić information content (AvgIpc) is 2.45. The van der Waals surface area contributed by atoms with E-state index in [9.17, 15) is 37.0 Å². The molecule has 0 fully saturated rings. The third kappa shape index (κ3) is 6.55. The summed E-state index contributed by atoms with van der Waals surface area (Å²) in [6.45, 7) is 0. The van der Waals surface area contributed by atoms with E-state index < -0.39 is 69.9 Å². The number of carboxylic acid groups (broad SMARTS) is 2. The summed E-state index contributed by atoms with van der Waals surface area (Å²) in [5.74, 6) is -10.1. The zero-order chi connectivity index (χ0) is 23.0. The van der Waals surface area contributed by atoms with Crippen molar-refractivity contribution in [2.24, 2.45) is 0 Å². The molecular weight excluding hydrogens is 463 g/mol. The minimum Gasteiger partial charge on any atom is -0.478 e. The summed E-state index contributed by atoms with van der Waals surface area (Å²) in [6, 6.07) is 0.